The van der Waals surface area contributed by atoms with Crippen LogP contribution in [0.25, 0.3) is 6.08 Å². The molecular weight excluding hydrogens is 380 g/mol. The second-order valence-corrected chi connectivity index (χ2v) is 6.09. The largest absolute Gasteiger partial charge is 0.481 e. The van der Waals surface area contributed by atoms with Crippen LogP contribution in [0, 0.1) is 0 Å². The second-order valence-electron chi connectivity index (χ2n) is 5.68. The maximum Gasteiger partial charge on any atom is 0.305 e. The average Bonchev–Trinajstić information content (AvgIpc) is 2.68. The summed E-state index contributed by atoms with van der Waals surface area (Å²) in [6, 6.07) is 15.9. The predicted octanol–water partition coefficient (Wildman–Crippen LogP) is 3.26. The van der Waals surface area contributed by atoms with E-state index in [1.54, 1.807) is 30.4 Å². The zero-order valence-electron chi connectivity index (χ0n) is 14.9. The molecule has 2 rings (SSSR count). The first-order valence-electron chi connectivity index (χ1n) is 8.46. The van der Waals surface area contributed by atoms with Gasteiger partial charge in [0.25, 0.3) is 11.8 Å². The zero-order chi connectivity index (χ0) is 20.4. The van der Waals surface area contributed by atoms with Crippen LogP contribution < -0.4 is 10.6 Å². The third-order valence-electron chi connectivity index (χ3n) is 3.59. The number of benzene rings is 2. The number of rotatable bonds is 8. The highest BCUT2D eigenvalue weighted by Crippen LogP contribution is 2.15. The van der Waals surface area contributed by atoms with Gasteiger partial charge in [-0.1, -0.05) is 66.2 Å². The summed E-state index contributed by atoms with van der Waals surface area (Å²) in [5, 5.41) is 13.9. The molecule has 0 aromatic heterocycles. The topological polar surface area (TPSA) is 95.5 Å². The zero-order valence-corrected chi connectivity index (χ0v) is 15.6. The molecule has 0 fully saturated rings. The van der Waals surface area contributed by atoms with Crippen molar-refractivity contribution in [2.24, 2.45) is 0 Å². The van der Waals surface area contributed by atoms with E-state index in [4.69, 9.17) is 16.7 Å². The molecule has 0 saturated carbocycles. The highest BCUT2D eigenvalue weighted by molar-refractivity contribution is 6.34. The van der Waals surface area contributed by atoms with Gasteiger partial charge in [0.1, 0.15) is 5.70 Å². The number of aliphatic carboxylic acids is 1. The van der Waals surface area contributed by atoms with Gasteiger partial charge >= 0.3 is 5.97 Å². The molecule has 0 aliphatic heterocycles. The van der Waals surface area contributed by atoms with Gasteiger partial charge in [0.2, 0.25) is 0 Å². The molecule has 7 heteroatoms. The van der Waals surface area contributed by atoms with Crippen LogP contribution in [0.15, 0.2) is 72.4 Å². The number of carbonyl (C=O) groups is 3. The fourth-order valence-corrected chi connectivity index (χ4v) is 2.43. The monoisotopic (exact) mass is 398 g/mol. The smallest absolute Gasteiger partial charge is 0.305 e. The van der Waals surface area contributed by atoms with E-state index >= 15 is 0 Å². The Balaban J connectivity index is 2.17. The fraction of sp³-hybridized carbons (Fsp3) is 0.0952. The lowest BCUT2D eigenvalue weighted by Crippen LogP contribution is -2.35. The standard InChI is InChI=1S/C21H19ClN2O4/c22-17-11-5-4-10-16(17)20(27)24-18(21(28)23-14-13-19(25)26)12-6-9-15-7-2-1-3-8-15/h1-12H,13-14H2,(H,23,28)(H,24,27)(H,25,26). The van der Waals surface area contributed by atoms with Crippen LogP contribution in [0.1, 0.15) is 22.3 Å². The minimum atomic E-state index is -1.03. The van der Waals surface area contributed by atoms with E-state index in [0.717, 1.165) is 5.56 Å². The maximum atomic E-state index is 12.5. The molecule has 0 spiro atoms. The minimum Gasteiger partial charge on any atom is -0.481 e. The highest BCUT2D eigenvalue weighted by Gasteiger charge is 2.15. The molecule has 6 nitrogen and oxygen atoms in total. The molecule has 0 atom stereocenters. The van der Waals surface area contributed by atoms with Gasteiger partial charge in [-0.3, -0.25) is 14.4 Å². The molecule has 0 aliphatic carbocycles. The molecule has 2 aromatic carbocycles. The van der Waals surface area contributed by atoms with E-state index in [0.29, 0.717) is 0 Å². The Hall–Kier alpha value is -3.38. The van der Waals surface area contributed by atoms with Crippen molar-refractivity contribution in [1.82, 2.24) is 10.6 Å². The van der Waals surface area contributed by atoms with Gasteiger partial charge in [-0.15, -0.1) is 0 Å². The summed E-state index contributed by atoms with van der Waals surface area (Å²) in [4.78, 5) is 35.4. The van der Waals surface area contributed by atoms with Crippen LogP contribution in [0.4, 0.5) is 0 Å². The van der Waals surface area contributed by atoms with Crippen molar-refractivity contribution in [1.29, 1.82) is 0 Å². The maximum absolute atomic E-state index is 12.5. The van der Waals surface area contributed by atoms with Gasteiger partial charge in [-0.2, -0.15) is 0 Å². The van der Waals surface area contributed by atoms with E-state index in [2.05, 4.69) is 10.6 Å². The summed E-state index contributed by atoms with van der Waals surface area (Å²) in [5.41, 5.74) is 1.12. The van der Waals surface area contributed by atoms with E-state index < -0.39 is 17.8 Å². The number of nitrogens with one attached hydrogen (secondary N) is 2. The van der Waals surface area contributed by atoms with Crippen molar-refractivity contribution in [3.05, 3.63) is 88.6 Å². The number of halogens is 1. The number of amides is 2. The number of carboxylic acids is 1. The van der Waals surface area contributed by atoms with E-state index in [-0.39, 0.29) is 29.2 Å². The van der Waals surface area contributed by atoms with Crippen LogP contribution in [0.3, 0.4) is 0 Å². The Morgan fingerprint density at radius 2 is 1.68 bits per heavy atom. The summed E-state index contributed by atoms with van der Waals surface area (Å²) in [6.45, 7) is -0.0597. The number of carbonyl (C=O) groups excluding carboxylic acids is 2. The van der Waals surface area contributed by atoms with Crippen molar-refractivity contribution in [2.75, 3.05) is 6.54 Å². The van der Waals surface area contributed by atoms with Gasteiger partial charge in [-0.05, 0) is 23.8 Å². The Labute approximate surface area is 167 Å². The first-order valence-corrected chi connectivity index (χ1v) is 8.84. The first-order chi connectivity index (χ1) is 13.5. The number of hydrogen-bond donors (Lipinski definition) is 3. The van der Waals surface area contributed by atoms with Gasteiger partial charge in [-0.25, -0.2) is 0 Å². The van der Waals surface area contributed by atoms with Crippen LogP contribution in [-0.4, -0.2) is 29.4 Å². The first kappa shape index (κ1) is 20.9. The van der Waals surface area contributed by atoms with Gasteiger partial charge in [0.15, 0.2) is 0 Å². The summed E-state index contributed by atoms with van der Waals surface area (Å²) in [5.74, 6) is -2.17. The SMILES string of the molecule is O=C(O)CCNC(=O)C(=CC=Cc1ccccc1)NC(=O)c1ccccc1Cl. The molecule has 0 saturated heterocycles. The summed E-state index contributed by atoms with van der Waals surface area (Å²) in [7, 11) is 0. The van der Waals surface area contributed by atoms with Crippen LogP contribution >= 0.6 is 11.6 Å². The number of allylic oxidation sites excluding steroid dienone is 2. The molecule has 144 valence electrons. The Kier molecular flexibility index (Phi) is 7.99. The molecule has 0 aliphatic rings. The van der Waals surface area contributed by atoms with Crippen molar-refractivity contribution in [2.45, 2.75) is 6.42 Å². The third-order valence-corrected chi connectivity index (χ3v) is 3.92. The predicted molar refractivity (Wildman–Crippen MR) is 108 cm³/mol. The summed E-state index contributed by atoms with van der Waals surface area (Å²) in [6.07, 6.45) is 4.61. The normalized spacial score (nSPS) is 11.2. The van der Waals surface area contributed by atoms with Crippen LogP contribution in [0.5, 0.6) is 0 Å². The molecule has 0 bridgehead atoms. The number of carboxylic acid groups (broad SMARTS) is 1. The third kappa shape index (κ3) is 6.74. The lowest BCUT2D eigenvalue weighted by atomic mass is 10.2. The lowest BCUT2D eigenvalue weighted by molar-refractivity contribution is -0.136. The molecule has 3 N–H and O–H groups in total. The molecular formula is C21H19ClN2O4. The quantitative estimate of drug-likeness (QED) is 0.469. The molecule has 0 radical (unpaired) electrons. The Bertz CT molecular complexity index is 908. The average molecular weight is 399 g/mol. The van der Waals surface area contributed by atoms with Crippen LogP contribution in [-0.2, 0) is 9.59 Å². The Morgan fingerprint density at radius 3 is 2.36 bits per heavy atom. The van der Waals surface area contributed by atoms with Gasteiger partial charge < -0.3 is 15.7 Å². The summed E-state index contributed by atoms with van der Waals surface area (Å²) >= 11 is 6.02. The summed E-state index contributed by atoms with van der Waals surface area (Å²) < 4.78 is 0. The van der Waals surface area contributed by atoms with E-state index in [1.807, 2.05) is 30.3 Å². The van der Waals surface area contributed by atoms with E-state index in [1.165, 1.54) is 12.1 Å². The van der Waals surface area contributed by atoms with Crippen molar-refractivity contribution < 1.29 is 19.5 Å². The Morgan fingerprint density at radius 1 is 1.00 bits per heavy atom. The molecule has 0 heterocycles. The van der Waals surface area contributed by atoms with Crippen molar-refractivity contribution in [3.63, 3.8) is 0 Å². The molecule has 2 amide bonds. The second kappa shape index (κ2) is 10.7. The molecule has 0 unspecified atom stereocenters. The van der Waals surface area contributed by atoms with Gasteiger partial charge in [0.05, 0.1) is 17.0 Å². The molecule has 28 heavy (non-hydrogen) atoms. The van der Waals surface area contributed by atoms with E-state index in [9.17, 15) is 14.4 Å². The van der Waals surface area contributed by atoms with Crippen molar-refractivity contribution in [3.8, 4) is 0 Å². The van der Waals surface area contributed by atoms with Gasteiger partial charge in [0, 0.05) is 6.54 Å². The fourth-order valence-electron chi connectivity index (χ4n) is 2.21. The minimum absolute atomic E-state index is 0.0255. The molecule has 2 aromatic rings. The van der Waals surface area contributed by atoms with Crippen molar-refractivity contribution >= 4 is 35.5 Å². The number of hydrogen-bond acceptors (Lipinski definition) is 3. The lowest BCUT2D eigenvalue weighted by Gasteiger charge is -2.10. The highest BCUT2D eigenvalue weighted by atomic mass is 35.5. The van der Waals surface area contributed by atoms with Crippen LogP contribution in [0.2, 0.25) is 5.02 Å².